The van der Waals surface area contributed by atoms with Gasteiger partial charge in [0.1, 0.15) is 5.69 Å². The van der Waals surface area contributed by atoms with Gasteiger partial charge in [-0.05, 0) is 55.6 Å². The first-order valence-electron chi connectivity index (χ1n) is 9.13. The quantitative estimate of drug-likeness (QED) is 0.707. The Hall–Kier alpha value is -1.76. The van der Waals surface area contributed by atoms with Crippen molar-refractivity contribution in [3.05, 3.63) is 63.4 Å². The van der Waals surface area contributed by atoms with Gasteiger partial charge < -0.3 is 10.2 Å². The molecule has 1 N–H and O–H groups in total. The Morgan fingerprint density at radius 1 is 1.18 bits per heavy atom. The highest BCUT2D eigenvalue weighted by Gasteiger charge is 2.24. The minimum Gasteiger partial charge on any atom is -0.339 e. The number of piperidine rings is 1. The minimum absolute atomic E-state index is 0.0435. The molecule has 3 rings (SSSR count). The van der Waals surface area contributed by atoms with Crippen LogP contribution in [-0.4, -0.2) is 35.4 Å². The number of hydrogen-bond donors (Lipinski definition) is 1. The van der Waals surface area contributed by atoms with Gasteiger partial charge in [-0.1, -0.05) is 29.3 Å². The van der Waals surface area contributed by atoms with Crippen LogP contribution >= 0.6 is 23.2 Å². The lowest BCUT2D eigenvalue weighted by Crippen LogP contribution is -2.40. The van der Waals surface area contributed by atoms with Crippen molar-refractivity contribution in [3.8, 4) is 0 Å². The van der Waals surface area contributed by atoms with Gasteiger partial charge in [0.05, 0.1) is 15.7 Å². The molecule has 0 bridgehead atoms. The summed E-state index contributed by atoms with van der Waals surface area (Å²) in [5.74, 6) is 0.383. The van der Waals surface area contributed by atoms with Gasteiger partial charge in [0, 0.05) is 25.2 Å². The Bertz CT molecular complexity index is 827. The van der Waals surface area contributed by atoms with Crippen molar-refractivity contribution in [2.75, 3.05) is 19.6 Å². The zero-order chi connectivity index (χ0) is 20.1. The molecule has 2 heterocycles. The van der Waals surface area contributed by atoms with Crippen molar-refractivity contribution < 1.29 is 13.6 Å². The lowest BCUT2D eigenvalue weighted by molar-refractivity contribution is 0.0690. The average Bonchev–Trinajstić information content (AvgIpc) is 2.70. The fourth-order valence-corrected chi connectivity index (χ4v) is 3.57. The number of likely N-dealkylation sites (tertiary alicyclic amines) is 1. The van der Waals surface area contributed by atoms with E-state index in [-0.39, 0.29) is 11.6 Å². The summed E-state index contributed by atoms with van der Waals surface area (Å²) in [6, 6.07) is 9.57. The number of amides is 1. The largest absolute Gasteiger partial charge is 0.339 e. The molecule has 0 spiro atoms. The van der Waals surface area contributed by atoms with Gasteiger partial charge in [-0.2, -0.15) is 0 Å². The van der Waals surface area contributed by atoms with E-state index in [0.29, 0.717) is 46.9 Å². The Morgan fingerprint density at radius 2 is 1.93 bits per heavy atom. The Labute approximate surface area is 172 Å². The molecule has 1 fully saturated rings. The highest BCUT2D eigenvalue weighted by molar-refractivity contribution is 6.42. The zero-order valence-electron chi connectivity index (χ0n) is 15.2. The summed E-state index contributed by atoms with van der Waals surface area (Å²) in [7, 11) is 0. The number of aromatic nitrogens is 1. The topological polar surface area (TPSA) is 45.2 Å². The predicted octanol–water partition coefficient (Wildman–Crippen LogP) is 4.97. The second-order valence-corrected chi connectivity index (χ2v) is 7.66. The van der Waals surface area contributed by atoms with E-state index in [0.717, 1.165) is 19.4 Å². The summed E-state index contributed by atoms with van der Waals surface area (Å²) in [5.41, 5.74) is 0.939. The smallest absolute Gasteiger partial charge is 0.280 e. The van der Waals surface area contributed by atoms with Crippen LogP contribution < -0.4 is 5.32 Å². The van der Waals surface area contributed by atoms with Crippen molar-refractivity contribution in [2.24, 2.45) is 5.92 Å². The molecule has 1 aromatic carbocycles. The molecular formula is C20H21Cl2F2N3O. The van der Waals surface area contributed by atoms with Gasteiger partial charge in [-0.25, -0.2) is 8.78 Å². The molecule has 0 saturated carbocycles. The van der Waals surface area contributed by atoms with E-state index in [1.54, 1.807) is 30.3 Å². The van der Waals surface area contributed by atoms with Crippen LogP contribution in [0.25, 0.3) is 0 Å². The zero-order valence-corrected chi connectivity index (χ0v) is 16.7. The van der Waals surface area contributed by atoms with Crippen LogP contribution in [0.4, 0.5) is 8.78 Å². The maximum absolute atomic E-state index is 12.7. The van der Waals surface area contributed by atoms with Crippen LogP contribution in [0.1, 0.15) is 41.0 Å². The lowest BCUT2D eigenvalue weighted by atomic mass is 9.96. The number of carbonyl (C=O) groups is 1. The maximum Gasteiger partial charge on any atom is 0.280 e. The molecule has 150 valence electrons. The third kappa shape index (κ3) is 5.40. The number of benzene rings is 1. The molecule has 1 aliphatic heterocycles. The predicted molar refractivity (Wildman–Crippen MR) is 106 cm³/mol. The molecule has 0 aliphatic carbocycles. The normalized spacial score (nSPS) is 15.2. The number of rotatable bonds is 6. The number of hydrogen-bond acceptors (Lipinski definition) is 3. The third-order valence-corrected chi connectivity index (χ3v) is 5.60. The lowest BCUT2D eigenvalue weighted by Gasteiger charge is -2.32. The number of nitrogens with zero attached hydrogens (tertiary/aromatic N) is 2. The third-order valence-electron chi connectivity index (χ3n) is 4.86. The second kappa shape index (κ2) is 9.63. The molecule has 4 nitrogen and oxygen atoms in total. The molecule has 1 amide bonds. The summed E-state index contributed by atoms with van der Waals surface area (Å²) in [4.78, 5) is 18.4. The van der Waals surface area contributed by atoms with Gasteiger partial charge in [-0.15, -0.1) is 0 Å². The van der Waals surface area contributed by atoms with Crippen molar-refractivity contribution in [3.63, 3.8) is 0 Å². The molecule has 2 aromatic rings. The van der Waals surface area contributed by atoms with Gasteiger partial charge >= 0.3 is 0 Å². The number of halogens is 4. The summed E-state index contributed by atoms with van der Waals surface area (Å²) in [6.07, 6.45) is -0.799. The van der Waals surface area contributed by atoms with Gasteiger partial charge in [0.25, 0.3) is 12.3 Å². The molecule has 0 atom stereocenters. The molecule has 28 heavy (non-hydrogen) atoms. The molecule has 1 aromatic heterocycles. The number of alkyl halides is 2. The standard InChI is InChI=1S/C20H21Cl2F2N3O/c21-16-5-4-14(10-17(16)22)20(28)27-8-6-13(7-9-27)11-25-12-15-2-1-3-18(26-15)19(23)24/h1-5,10,13,19,25H,6-9,11-12H2. The van der Waals surface area contributed by atoms with Crippen LogP contribution in [0, 0.1) is 5.92 Å². The monoisotopic (exact) mass is 427 g/mol. The first-order chi connectivity index (χ1) is 13.4. The van der Waals surface area contributed by atoms with E-state index >= 15 is 0 Å². The average molecular weight is 428 g/mol. The van der Waals surface area contributed by atoms with Crippen LogP contribution in [-0.2, 0) is 6.54 Å². The molecule has 8 heteroatoms. The van der Waals surface area contributed by atoms with Crippen LogP contribution in [0.15, 0.2) is 36.4 Å². The fraction of sp³-hybridized carbons (Fsp3) is 0.400. The molecule has 0 radical (unpaired) electrons. The van der Waals surface area contributed by atoms with Gasteiger partial charge in [0.2, 0.25) is 0 Å². The highest BCUT2D eigenvalue weighted by atomic mass is 35.5. The van der Waals surface area contributed by atoms with E-state index < -0.39 is 6.43 Å². The summed E-state index contributed by atoms with van der Waals surface area (Å²) in [6.45, 7) is 2.55. The minimum atomic E-state index is -2.56. The fourth-order valence-electron chi connectivity index (χ4n) is 3.27. The van der Waals surface area contributed by atoms with E-state index in [4.69, 9.17) is 23.2 Å². The Balaban J connectivity index is 1.44. The SMILES string of the molecule is O=C(c1ccc(Cl)c(Cl)c1)N1CCC(CNCc2cccc(C(F)F)n2)CC1. The number of pyridine rings is 1. The molecule has 1 saturated heterocycles. The maximum atomic E-state index is 12.7. The second-order valence-electron chi connectivity index (χ2n) is 6.85. The van der Waals surface area contributed by atoms with Crippen molar-refractivity contribution in [1.29, 1.82) is 0 Å². The number of nitrogens with one attached hydrogen (secondary N) is 1. The van der Waals surface area contributed by atoms with E-state index in [1.165, 1.54) is 6.07 Å². The van der Waals surface area contributed by atoms with Crippen LogP contribution in [0.5, 0.6) is 0 Å². The van der Waals surface area contributed by atoms with Crippen molar-refractivity contribution >= 4 is 29.1 Å². The van der Waals surface area contributed by atoms with Gasteiger partial charge in [0.15, 0.2) is 0 Å². The summed E-state index contributed by atoms with van der Waals surface area (Å²) in [5, 5.41) is 4.08. The highest BCUT2D eigenvalue weighted by Crippen LogP contribution is 2.25. The molecule has 1 aliphatic rings. The first kappa shape index (κ1) is 21.0. The Morgan fingerprint density at radius 3 is 2.61 bits per heavy atom. The van der Waals surface area contributed by atoms with E-state index in [2.05, 4.69) is 10.3 Å². The van der Waals surface area contributed by atoms with Crippen molar-refractivity contribution in [2.45, 2.75) is 25.8 Å². The van der Waals surface area contributed by atoms with E-state index in [9.17, 15) is 13.6 Å². The summed E-state index contributed by atoms with van der Waals surface area (Å²) < 4.78 is 25.4. The van der Waals surface area contributed by atoms with Crippen LogP contribution in [0.3, 0.4) is 0 Å². The summed E-state index contributed by atoms with van der Waals surface area (Å²) >= 11 is 11.9. The number of carbonyl (C=O) groups excluding carboxylic acids is 1. The Kier molecular flexibility index (Phi) is 7.21. The van der Waals surface area contributed by atoms with Gasteiger partial charge in [-0.3, -0.25) is 9.78 Å². The molecule has 0 unspecified atom stereocenters. The molecular weight excluding hydrogens is 407 g/mol. The van der Waals surface area contributed by atoms with E-state index in [1.807, 2.05) is 4.90 Å². The first-order valence-corrected chi connectivity index (χ1v) is 9.88. The van der Waals surface area contributed by atoms with Crippen LogP contribution in [0.2, 0.25) is 10.0 Å². The van der Waals surface area contributed by atoms with Crippen molar-refractivity contribution in [1.82, 2.24) is 15.2 Å².